The van der Waals surface area contributed by atoms with Crippen LogP contribution < -0.4 is 10.9 Å². The summed E-state index contributed by atoms with van der Waals surface area (Å²) in [5.41, 5.74) is 6.83. The van der Waals surface area contributed by atoms with Gasteiger partial charge in [-0.25, -0.2) is 5.06 Å². The molecule has 1 aromatic rings. The van der Waals surface area contributed by atoms with E-state index in [1.54, 1.807) is 13.1 Å². The number of nitrogen functional groups attached to an aromatic ring is 1. The zero-order valence-corrected chi connectivity index (χ0v) is 12.1. The van der Waals surface area contributed by atoms with Crippen LogP contribution in [0, 0.1) is 0 Å². The summed E-state index contributed by atoms with van der Waals surface area (Å²) in [7, 11) is 1.58. The third-order valence-corrected chi connectivity index (χ3v) is 4.75. The number of rotatable bonds is 3. The molecule has 0 radical (unpaired) electrons. The van der Waals surface area contributed by atoms with Crippen LogP contribution in [0.5, 0.6) is 0 Å². The van der Waals surface area contributed by atoms with Crippen LogP contribution in [0.3, 0.4) is 0 Å². The fourth-order valence-electron chi connectivity index (χ4n) is 1.46. The minimum absolute atomic E-state index is 0.217. The molecule has 0 saturated heterocycles. The minimum atomic E-state index is -1.45. The molecule has 0 aliphatic carbocycles. The summed E-state index contributed by atoms with van der Waals surface area (Å²) >= 11 is 0. The predicted octanol–water partition coefficient (Wildman–Crippen LogP) is 1.45. The number of hydrogen-bond acceptors (Lipinski definition) is 3. The van der Waals surface area contributed by atoms with Gasteiger partial charge in [0.2, 0.25) is 0 Å². The molecule has 17 heavy (non-hydrogen) atoms. The Labute approximate surface area is 103 Å². The molecular weight excluding hydrogens is 232 g/mol. The van der Waals surface area contributed by atoms with Gasteiger partial charge in [-0.1, -0.05) is 30.9 Å². The van der Waals surface area contributed by atoms with Crippen molar-refractivity contribution in [2.75, 3.05) is 19.9 Å². The van der Waals surface area contributed by atoms with Gasteiger partial charge in [-0.3, -0.25) is 9.63 Å². The summed E-state index contributed by atoms with van der Waals surface area (Å²) in [5, 5.41) is 2.39. The van der Waals surface area contributed by atoms with Crippen molar-refractivity contribution >= 4 is 24.9 Å². The van der Waals surface area contributed by atoms with Gasteiger partial charge >= 0.3 is 0 Å². The Balaban J connectivity index is 3.20. The van der Waals surface area contributed by atoms with Gasteiger partial charge in [0, 0.05) is 12.7 Å². The molecule has 1 aromatic carbocycles. The Morgan fingerprint density at radius 1 is 1.35 bits per heavy atom. The number of nitrogens with two attached hydrogens (primary N) is 1. The van der Waals surface area contributed by atoms with E-state index in [0.717, 1.165) is 0 Å². The summed E-state index contributed by atoms with van der Waals surface area (Å²) in [6.45, 7) is 6.69. The largest absolute Gasteiger partial charge is 0.398 e. The average molecular weight is 252 g/mol. The predicted molar refractivity (Wildman–Crippen MR) is 72.9 cm³/mol. The van der Waals surface area contributed by atoms with E-state index < -0.39 is 8.07 Å². The van der Waals surface area contributed by atoms with E-state index in [2.05, 4.69) is 19.6 Å². The third-order valence-electron chi connectivity index (χ3n) is 2.71. The third kappa shape index (κ3) is 3.07. The number of hydroxylamine groups is 2. The van der Waals surface area contributed by atoms with Gasteiger partial charge in [0.1, 0.15) is 0 Å². The quantitative estimate of drug-likeness (QED) is 0.503. The Morgan fingerprint density at radius 3 is 2.41 bits per heavy atom. The smallest absolute Gasteiger partial charge is 0.279 e. The van der Waals surface area contributed by atoms with Crippen molar-refractivity contribution in [2.24, 2.45) is 0 Å². The summed E-state index contributed by atoms with van der Waals surface area (Å²) in [6.07, 6.45) is 0. The van der Waals surface area contributed by atoms with Crippen molar-refractivity contribution in [3.05, 3.63) is 23.8 Å². The van der Waals surface area contributed by atoms with E-state index in [0.29, 0.717) is 11.3 Å². The second kappa shape index (κ2) is 4.89. The first-order valence-electron chi connectivity index (χ1n) is 5.49. The van der Waals surface area contributed by atoms with Gasteiger partial charge in [-0.15, -0.1) is 0 Å². The molecule has 1 rings (SSSR count). The molecule has 4 nitrogen and oxygen atoms in total. The number of carbonyl (C=O) groups is 1. The maximum absolute atomic E-state index is 12.0. The van der Waals surface area contributed by atoms with Crippen molar-refractivity contribution in [3.63, 3.8) is 0 Å². The fraction of sp³-hybridized carbons (Fsp3) is 0.417. The molecule has 94 valence electrons. The highest BCUT2D eigenvalue weighted by molar-refractivity contribution is 6.88. The number of carbonyl (C=O) groups excluding carboxylic acids is 1. The van der Waals surface area contributed by atoms with Crippen LogP contribution in [-0.2, 0) is 4.84 Å². The average Bonchev–Trinajstić information content (AvgIpc) is 2.26. The molecule has 0 fully saturated rings. The molecule has 2 N–H and O–H groups in total. The van der Waals surface area contributed by atoms with Crippen LogP contribution >= 0.6 is 0 Å². The van der Waals surface area contributed by atoms with Crippen LogP contribution in [0.15, 0.2) is 18.2 Å². The van der Waals surface area contributed by atoms with E-state index in [1.165, 1.54) is 17.4 Å². The van der Waals surface area contributed by atoms with Crippen molar-refractivity contribution in [1.29, 1.82) is 0 Å². The highest BCUT2D eigenvalue weighted by atomic mass is 28.3. The van der Waals surface area contributed by atoms with Crippen LogP contribution in [0.25, 0.3) is 0 Å². The van der Waals surface area contributed by atoms with E-state index in [9.17, 15) is 4.79 Å². The molecule has 0 aliphatic rings. The molecule has 0 atom stereocenters. The minimum Gasteiger partial charge on any atom is -0.398 e. The van der Waals surface area contributed by atoms with Gasteiger partial charge in [-0.2, -0.15) is 0 Å². The van der Waals surface area contributed by atoms with E-state index in [1.807, 2.05) is 12.1 Å². The molecule has 0 unspecified atom stereocenters. The molecule has 5 heteroatoms. The van der Waals surface area contributed by atoms with Gasteiger partial charge in [0.05, 0.1) is 20.7 Å². The first-order chi connectivity index (χ1) is 7.77. The second-order valence-electron chi connectivity index (χ2n) is 5.04. The molecule has 0 bridgehead atoms. The number of amides is 1. The summed E-state index contributed by atoms with van der Waals surface area (Å²) in [6, 6.07) is 5.69. The van der Waals surface area contributed by atoms with Crippen LogP contribution in [0.4, 0.5) is 5.69 Å². The molecule has 0 saturated carbocycles. The lowest BCUT2D eigenvalue weighted by molar-refractivity contribution is -0.0756. The Morgan fingerprint density at radius 2 is 1.94 bits per heavy atom. The van der Waals surface area contributed by atoms with Gasteiger partial charge < -0.3 is 5.73 Å². The number of hydrogen-bond donors (Lipinski definition) is 1. The highest BCUT2D eigenvalue weighted by Crippen LogP contribution is 2.14. The van der Waals surface area contributed by atoms with E-state index >= 15 is 0 Å². The van der Waals surface area contributed by atoms with Gasteiger partial charge in [0.25, 0.3) is 5.91 Å². The van der Waals surface area contributed by atoms with Gasteiger partial charge in [0.15, 0.2) is 0 Å². The number of benzene rings is 1. The molecule has 0 aromatic heterocycles. The maximum Gasteiger partial charge on any atom is 0.279 e. The molecular formula is C12H20N2O2Si. The number of anilines is 1. The van der Waals surface area contributed by atoms with Crippen molar-refractivity contribution in [3.8, 4) is 0 Å². The molecule has 0 spiro atoms. The zero-order valence-electron chi connectivity index (χ0n) is 11.1. The standard InChI is InChI=1S/C12H20N2O2Si/c1-14(16-2)12(15)10-8-9(17(3,4)5)6-7-11(10)13/h6-8H,13H2,1-5H3. The van der Waals surface area contributed by atoms with E-state index in [-0.39, 0.29) is 5.91 Å². The topological polar surface area (TPSA) is 55.6 Å². The maximum atomic E-state index is 12.0. The lowest BCUT2D eigenvalue weighted by Gasteiger charge is -2.20. The lowest BCUT2D eigenvalue weighted by atomic mass is 10.1. The van der Waals surface area contributed by atoms with Crippen molar-refractivity contribution in [1.82, 2.24) is 5.06 Å². The Kier molecular flexibility index (Phi) is 3.95. The first-order valence-corrected chi connectivity index (χ1v) is 8.99. The molecule has 1 amide bonds. The van der Waals surface area contributed by atoms with Gasteiger partial charge in [-0.05, 0) is 12.1 Å². The molecule has 0 heterocycles. The highest BCUT2D eigenvalue weighted by Gasteiger charge is 2.21. The SMILES string of the molecule is CON(C)C(=O)c1cc([Si](C)(C)C)ccc1N. The zero-order chi connectivity index (χ0) is 13.2. The van der Waals surface area contributed by atoms with E-state index in [4.69, 9.17) is 10.6 Å². The first kappa shape index (κ1) is 13.7. The fourth-order valence-corrected chi connectivity index (χ4v) is 2.62. The summed E-state index contributed by atoms with van der Waals surface area (Å²) in [4.78, 5) is 16.9. The van der Waals surface area contributed by atoms with Crippen LogP contribution in [-0.4, -0.2) is 33.2 Å². The van der Waals surface area contributed by atoms with Crippen LogP contribution in [0.1, 0.15) is 10.4 Å². The van der Waals surface area contributed by atoms with Crippen molar-refractivity contribution < 1.29 is 9.63 Å². The Hall–Kier alpha value is -1.33. The number of nitrogens with zero attached hydrogens (tertiary/aromatic N) is 1. The lowest BCUT2D eigenvalue weighted by Crippen LogP contribution is -2.38. The van der Waals surface area contributed by atoms with Crippen LogP contribution in [0.2, 0.25) is 19.6 Å². The molecule has 0 aliphatic heterocycles. The monoisotopic (exact) mass is 252 g/mol. The second-order valence-corrected chi connectivity index (χ2v) is 10.1. The Bertz CT molecular complexity index is 427. The summed E-state index contributed by atoms with van der Waals surface area (Å²) in [5.74, 6) is -0.217. The van der Waals surface area contributed by atoms with Crippen molar-refractivity contribution in [2.45, 2.75) is 19.6 Å². The normalized spacial score (nSPS) is 11.4. The summed E-state index contributed by atoms with van der Waals surface area (Å²) < 4.78 is 0.